The number of methoxy groups -OCH3 is 1. The van der Waals surface area contributed by atoms with Gasteiger partial charge >= 0.3 is 0 Å². The number of pyridine rings is 1. The van der Waals surface area contributed by atoms with E-state index < -0.39 is 0 Å². The highest BCUT2D eigenvalue weighted by Crippen LogP contribution is 2.38. The molecule has 36 heavy (non-hydrogen) atoms. The quantitative estimate of drug-likeness (QED) is 0.336. The van der Waals surface area contributed by atoms with Crippen LogP contribution < -0.4 is 10.3 Å². The lowest BCUT2D eigenvalue weighted by Gasteiger charge is -2.22. The predicted molar refractivity (Wildman–Crippen MR) is 144 cm³/mol. The maximum atomic E-state index is 13.5. The smallest absolute Gasteiger partial charge is 0.258 e. The third-order valence-corrected chi connectivity index (χ3v) is 6.69. The summed E-state index contributed by atoms with van der Waals surface area (Å²) >= 11 is 6.37. The zero-order chi connectivity index (χ0) is 25.2. The van der Waals surface area contributed by atoms with Gasteiger partial charge in [-0.3, -0.25) is 9.59 Å². The average molecular weight is 500 g/mol. The van der Waals surface area contributed by atoms with E-state index in [1.807, 2.05) is 73.7 Å². The summed E-state index contributed by atoms with van der Waals surface area (Å²) in [6, 6.07) is 22.5. The third kappa shape index (κ3) is 4.40. The number of fused-ring (bicyclic) bond motifs is 1. The van der Waals surface area contributed by atoms with Crippen molar-refractivity contribution >= 4 is 34.1 Å². The highest BCUT2D eigenvalue weighted by atomic mass is 35.5. The van der Waals surface area contributed by atoms with Gasteiger partial charge in [-0.1, -0.05) is 61.0 Å². The molecule has 0 saturated carbocycles. The summed E-state index contributed by atoms with van der Waals surface area (Å²) in [5.41, 5.74) is 4.04. The van der Waals surface area contributed by atoms with Crippen molar-refractivity contribution in [1.82, 2.24) is 9.99 Å². The Labute approximate surface area is 214 Å². The fourth-order valence-corrected chi connectivity index (χ4v) is 4.92. The van der Waals surface area contributed by atoms with Gasteiger partial charge in [0.25, 0.3) is 5.56 Å². The molecule has 1 aromatic heterocycles. The standard InChI is InChI=1S/C29H26ClN3O3/c1-3-7-26(34)33-25(18-10-13-21(36-2)14-11-18)17-24(32-33)28-27(19-8-5-4-6-9-19)22-16-20(30)12-15-23(22)31-29(28)35/h4-6,8-16,25H,3,7,17H2,1-2H3,(H,31,35). The number of halogens is 1. The number of hydrogen-bond donors (Lipinski definition) is 1. The summed E-state index contributed by atoms with van der Waals surface area (Å²) in [6.07, 6.45) is 1.50. The van der Waals surface area contributed by atoms with E-state index in [1.165, 1.54) is 5.01 Å². The van der Waals surface area contributed by atoms with E-state index in [2.05, 4.69) is 4.98 Å². The zero-order valence-corrected chi connectivity index (χ0v) is 20.9. The summed E-state index contributed by atoms with van der Waals surface area (Å²) in [4.78, 5) is 29.7. The van der Waals surface area contributed by atoms with E-state index in [1.54, 1.807) is 13.2 Å². The monoisotopic (exact) mass is 499 g/mol. The van der Waals surface area contributed by atoms with Crippen LogP contribution in [0.2, 0.25) is 5.02 Å². The van der Waals surface area contributed by atoms with Crippen LogP contribution in [0.1, 0.15) is 43.4 Å². The largest absolute Gasteiger partial charge is 0.497 e. The van der Waals surface area contributed by atoms with E-state index in [9.17, 15) is 9.59 Å². The number of benzene rings is 3. The minimum absolute atomic E-state index is 0.0742. The molecule has 0 bridgehead atoms. The van der Waals surface area contributed by atoms with Crippen LogP contribution in [0.15, 0.2) is 82.7 Å². The number of nitrogens with zero attached hydrogens (tertiary/aromatic N) is 2. The van der Waals surface area contributed by atoms with Crippen molar-refractivity contribution in [3.05, 3.63) is 99.3 Å². The molecule has 7 heteroatoms. The van der Waals surface area contributed by atoms with Crippen LogP contribution in [-0.2, 0) is 4.79 Å². The lowest BCUT2D eigenvalue weighted by Crippen LogP contribution is -2.26. The zero-order valence-electron chi connectivity index (χ0n) is 20.1. The minimum atomic E-state index is -0.317. The maximum absolute atomic E-state index is 13.5. The molecule has 1 unspecified atom stereocenters. The summed E-state index contributed by atoms with van der Waals surface area (Å²) < 4.78 is 5.30. The van der Waals surface area contributed by atoms with Gasteiger partial charge in [0.1, 0.15) is 5.75 Å². The molecule has 0 spiro atoms. The van der Waals surface area contributed by atoms with Crippen molar-refractivity contribution in [3.8, 4) is 16.9 Å². The lowest BCUT2D eigenvalue weighted by molar-refractivity contribution is -0.133. The van der Waals surface area contributed by atoms with E-state index >= 15 is 0 Å². The van der Waals surface area contributed by atoms with E-state index in [-0.39, 0.29) is 17.5 Å². The van der Waals surface area contributed by atoms with E-state index in [0.717, 1.165) is 27.8 Å². The van der Waals surface area contributed by atoms with Crippen LogP contribution in [0.5, 0.6) is 5.75 Å². The number of hydrazone groups is 1. The number of nitrogens with one attached hydrogen (secondary N) is 1. The van der Waals surface area contributed by atoms with Crippen LogP contribution in [-0.4, -0.2) is 28.7 Å². The average Bonchev–Trinajstić information content (AvgIpc) is 3.34. The molecule has 5 rings (SSSR count). The molecular weight excluding hydrogens is 474 g/mol. The van der Waals surface area contributed by atoms with Crippen molar-refractivity contribution in [1.29, 1.82) is 0 Å². The molecule has 6 nitrogen and oxygen atoms in total. The van der Waals surface area contributed by atoms with Crippen molar-refractivity contribution in [2.24, 2.45) is 5.10 Å². The van der Waals surface area contributed by atoms with Gasteiger partial charge in [-0.2, -0.15) is 5.10 Å². The van der Waals surface area contributed by atoms with Gasteiger partial charge in [-0.25, -0.2) is 5.01 Å². The number of carbonyl (C=O) groups is 1. The molecule has 0 fully saturated rings. The Morgan fingerprint density at radius 2 is 1.83 bits per heavy atom. The molecule has 0 radical (unpaired) electrons. The first-order chi connectivity index (χ1) is 17.5. The SMILES string of the molecule is CCCC(=O)N1N=C(c2c(-c3ccccc3)c3cc(Cl)ccc3[nH]c2=O)CC1c1ccc(OC)cc1. The second-order valence-corrected chi connectivity index (χ2v) is 9.22. The summed E-state index contributed by atoms with van der Waals surface area (Å²) in [6.45, 7) is 1.96. The summed E-state index contributed by atoms with van der Waals surface area (Å²) in [7, 11) is 1.62. The van der Waals surface area contributed by atoms with Crippen LogP contribution in [0.4, 0.5) is 0 Å². The fourth-order valence-electron chi connectivity index (χ4n) is 4.75. The Bertz CT molecular complexity index is 1510. The van der Waals surface area contributed by atoms with Crippen molar-refractivity contribution in [2.45, 2.75) is 32.2 Å². The molecule has 3 aromatic carbocycles. The Hall–Kier alpha value is -3.90. The van der Waals surface area contributed by atoms with Gasteiger partial charge < -0.3 is 9.72 Å². The molecule has 1 aliphatic heterocycles. The first kappa shape index (κ1) is 23.8. The summed E-state index contributed by atoms with van der Waals surface area (Å²) in [5, 5.41) is 7.70. The Kier molecular flexibility index (Phi) is 6.61. The van der Waals surface area contributed by atoms with Crippen LogP contribution in [0.3, 0.4) is 0 Å². The molecule has 182 valence electrons. The molecule has 2 heterocycles. The van der Waals surface area contributed by atoms with Gasteiger partial charge in [0.2, 0.25) is 5.91 Å². The predicted octanol–water partition coefficient (Wildman–Crippen LogP) is 6.33. The Morgan fingerprint density at radius 3 is 2.53 bits per heavy atom. The number of ether oxygens (including phenoxy) is 1. The van der Waals surface area contributed by atoms with Gasteiger partial charge in [-0.05, 0) is 47.9 Å². The van der Waals surface area contributed by atoms with Gasteiger partial charge in [0.05, 0.1) is 24.4 Å². The van der Waals surface area contributed by atoms with Crippen LogP contribution in [0, 0.1) is 0 Å². The highest BCUT2D eigenvalue weighted by molar-refractivity contribution is 6.31. The molecular formula is C29H26ClN3O3. The lowest BCUT2D eigenvalue weighted by atomic mass is 9.91. The summed E-state index contributed by atoms with van der Waals surface area (Å²) in [5.74, 6) is 0.661. The molecule has 1 aliphatic rings. The molecule has 1 N–H and O–H groups in total. The van der Waals surface area contributed by atoms with Crippen molar-refractivity contribution in [3.63, 3.8) is 0 Å². The van der Waals surface area contributed by atoms with Crippen LogP contribution in [0.25, 0.3) is 22.0 Å². The van der Waals surface area contributed by atoms with Crippen molar-refractivity contribution in [2.75, 3.05) is 7.11 Å². The number of rotatable bonds is 6. The van der Waals surface area contributed by atoms with Gasteiger partial charge in [-0.15, -0.1) is 0 Å². The molecule has 0 saturated heterocycles. The first-order valence-corrected chi connectivity index (χ1v) is 12.3. The van der Waals surface area contributed by atoms with E-state index in [0.29, 0.717) is 41.1 Å². The highest BCUT2D eigenvalue weighted by Gasteiger charge is 2.35. The maximum Gasteiger partial charge on any atom is 0.258 e. The third-order valence-electron chi connectivity index (χ3n) is 6.46. The molecule has 1 atom stereocenters. The number of aromatic nitrogens is 1. The Morgan fingerprint density at radius 1 is 1.08 bits per heavy atom. The van der Waals surface area contributed by atoms with Crippen LogP contribution >= 0.6 is 11.6 Å². The normalized spacial score (nSPS) is 15.2. The second-order valence-electron chi connectivity index (χ2n) is 8.79. The number of amides is 1. The van der Waals surface area contributed by atoms with Crippen molar-refractivity contribution < 1.29 is 9.53 Å². The number of hydrogen-bond acceptors (Lipinski definition) is 4. The molecule has 1 amide bonds. The molecule has 0 aliphatic carbocycles. The van der Waals surface area contributed by atoms with E-state index in [4.69, 9.17) is 21.4 Å². The van der Waals surface area contributed by atoms with Gasteiger partial charge in [0, 0.05) is 34.3 Å². The fraction of sp³-hybridized carbons (Fsp3) is 0.207. The first-order valence-electron chi connectivity index (χ1n) is 11.9. The number of H-pyrrole nitrogens is 1. The second kappa shape index (κ2) is 9.99. The number of aromatic amines is 1. The topological polar surface area (TPSA) is 74.8 Å². The number of carbonyl (C=O) groups excluding carboxylic acids is 1. The van der Waals surface area contributed by atoms with Gasteiger partial charge in [0.15, 0.2) is 0 Å². The molecule has 4 aromatic rings. The minimum Gasteiger partial charge on any atom is -0.497 e. The Balaban J connectivity index is 1.70.